The third kappa shape index (κ3) is 5.77. The SMILES string of the molecule is COc1cc(C(=O)NC(C)C)ccc1NC(=O)C1NCC(c2ccc(Cl)cc2F)[C@@H]1c1cccc(Cl)c1F. The first-order valence-corrected chi connectivity index (χ1v) is 12.8. The van der Waals surface area contributed by atoms with Crippen LogP contribution in [0.4, 0.5) is 14.5 Å². The van der Waals surface area contributed by atoms with Gasteiger partial charge in [0.25, 0.3) is 5.91 Å². The number of carbonyl (C=O) groups excluding carboxylic acids is 2. The van der Waals surface area contributed by atoms with E-state index in [0.717, 1.165) is 0 Å². The Morgan fingerprint density at radius 3 is 2.50 bits per heavy atom. The highest BCUT2D eigenvalue weighted by Crippen LogP contribution is 2.43. The molecule has 3 atom stereocenters. The van der Waals surface area contributed by atoms with Gasteiger partial charge in [-0.05, 0) is 61.4 Å². The fourth-order valence-corrected chi connectivity index (χ4v) is 5.11. The van der Waals surface area contributed by atoms with Gasteiger partial charge in [-0.3, -0.25) is 9.59 Å². The fourth-order valence-electron chi connectivity index (χ4n) is 4.77. The summed E-state index contributed by atoms with van der Waals surface area (Å²) in [6.07, 6.45) is 0. The average molecular weight is 562 g/mol. The van der Waals surface area contributed by atoms with Crippen LogP contribution < -0.4 is 20.7 Å². The average Bonchev–Trinajstić information content (AvgIpc) is 3.30. The number of hydrogen-bond acceptors (Lipinski definition) is 4. The van der Waals surface area contributed by atoms with Crippen LogP contribution in [-0.2, 0) is 4.79 Å². The Morgan fingerprint density at radius 1 is 1.05 bits per heavy atom. The van der Waals surface area contributed by atoms with Crippen LogP contribution in [0.2, 0.25) is 10.0 Å². The zero-order chi connectivity index (χ0) is 27.6. The topological polar surface area (TPSA) is 79.5 Å². The van der Waals surface area contributed by atoms with Gasteiger partial charge in [0.1, 0.15) is 17.4 Å². The van der Waals surface area contributed by atoms with Crippen LogP contribution in [0.1, 0.15) is 47.2 Å². The van der Waals surface area contributed by atoms with Gasteiger partial charge in [0.15, 0.2) is 0 Å². The van der Waals surface area contributed by atoms with E-state index in [9.17, 15) is 14.0 Å². The number of benzene rings is 3. The first-order chi connectivity index (χ1) is 18.1. The van der Waals surface area contributed by atoms with Crippen LogP contribution >= 0.6 is 23.2 Å². The third-order valence-corrected chi connectivity index (χ3v) is 7.00. The largest absolute Gasteiger partial charge is 0.495 e. The normalized spacial score (nSPS) is 18.9. The minimum atomic E-state index is -0.934. The van der Waals surface area contributed by atoms with Gasteiger partial charge in [-0.1, -0.05) is 41.4 Å². The van der Waals surface area contributed by atoms with Crippen LogP contribution in [-0.4, -0.2) is 37.6 Å². The summed E-state index contributed by atoms with van der Waals surface area (Å²) in [6, 6.07) is 12.5. The van der Waals surface area contributed by atoms with Crippen LogP contribution in [0.3, 0.4) is 0 Å². The molecule has 38 heavy (non-hydrogen) atoms. The summed E-state index contributed by atoms with van der Waals surface area (Å²) in [7, 11) is 1.42. The predicted molar refractivity (Wildman–Crippen MR) is 144 cm³/mol. The van der Waals surface area contributed by atoms with Crippen molar-refractivity contribution in [1.82, 2.24) is 10.6 Å². The summed E-state index contributed by atoms with van der Waals surface area (Å²) in [6.45, 7) is 3.90. The molecule has 0 radical (unpaired) electrons. The van der Waals surface area contributed by atoms with Crippen LogP contribution in [0.25, 0.3) is 0 Å². The highest BCUT2D eigenvalue weighted by Gasteiger charge is 2.44. The van der Waals surface area contributed by atoms with E-state index in [0.29, 0.717) is 16.8 Å². The van der Waals surface area contributed by atoms with Gasteiger partial charge in [0.05, 0.1) is 23.9 Å². The molecule has 2 amide bonds. The lowest BCUT2D eigenvalue weighted by Crippen LogP contribution is -2.39. The maximum absolute atomic E-state index is 15.2. The highest BCUT2D eigenvalue weighted by atomic mass is 35.5. The second kappa shape index (κ2) is 11.7. The molecule has 3 aromatic carbocycles. The molecule has 0 bridgehead atoms. The maximum Gasteiger partial charge on any atom is 0.251 e. The molecule has 0 spiro atoms. The van der Waals surface area contributed by atoms with Crippen molar-refractivity contribution in [2.45, 2.75) is 37.8 Å². The highest BCUT2D eigenvalue weighted by molar-refractivity contribution is 6.31. The molecule has 0 aliphatic carbocycles. The van der Waals surface area contributed by atoms with Crippen molar-refractivity contribution in [3.05, 3.63) is 93.0 Å². The fraction of sp³-hybridized carbons (Fsp3) is 0.286. The molecule has 3 aromatic rings. The number of hydrogen-bond donors (Lipinski definition) is 3. The number of amides is 2. The molecule has 200 valence electrons. The molecule has 0 aromatic heterocycles. The van der Waals surface area contributed by atoms with E-state index in [1.165, 1.54) is 25.3 Å². The van der Waals surface area contributed by atoms with E-state index in [-0.39, 0.29) is 39.9 Å². The molecular formula is C28H27Cl2F2N3O3. The maximum atomic E-state index is 15.2. The molecule has 1 fully saturated rings. The zero-order valence-corrected chi connectivity index (χ0v) is 22.5. The van der Waals surface area contributed by atoms with Gasteiger partial charge in [-0.2, -0.15) is 0 Å². The summed E-state index contributed by atoms with van der Waals surface area (Å²) >= 11 is 12.0. The Morgan fingerprint density at radius 2 is 1.82 bits per heavy atom. The Labute approximate surface area is 229 Å². The van der Waals surface area contributed by atoms with Crippen LogP contribution in [0.15, 0.2) is 54.6 Å². The van der Waals surface area contributed by atoms with Gasteiger partial charge in [0.2, 0.25) is 5.91 Å². The first kappa shape index (κ1) is 27.8. The molecule has 1 heterocycles. The number of ether oxygens (including phenoxy) is 1. The Balaban J connectivity index is 1.67. The lowest BCUT2D eigenvalue weighted by Gasteiger charge is -2.26. The third-order valence-electron chi connectivity index (χ3n) is 6.48. The summed E-state index contributed by atoms with van der Waals surface area (Å²) in [5, 5.41) is 8.87. The molecule has 1 saturated heterocycles. The standard InChI is InChI=1S/C28H27Cl2F2N3O3/c1-14(2)34-27(36)15-7-10-22(23(11-15)38-3)35-28(37)26-24(18-5-4-6-20(30)25(18)32)19(13-33-26)17-9-8-16(29)12-21(17)31/h4-12,14,19,24,26,33H,13H2,1-3H3,(H,34,36)(H,35,37)/t19?,24-,26?/m0/s1. The minimum Gasteiger partial charge on any atom is -0.495 e. The van der Waals surface area contributed by atoms with Crippen molar-refractivity contribution >= 4 is 40.7 Å². The van der Waals surface area contributed by atoms with Gasteiger partial charge in [-0.25, -0.2) is 8.78 Å². The summed E-state index contributed by atoms with van der Waals surface area (Å²) in [4.78, 5) is 26.0. The van der Waals surface area contributed by atoms with E-state index in [1.807, 2.05) is 13.8 Å². The summed E-state index contributed by atoms with van der Waals surface area (Å²) in [5.41, 5.74) is 1.19. The lowest BCUT2D eigenvalue weighted by atomic mass is 9.79. The molecule has 6 nitrogen and oxygen atoms in total. The first-order valence-electron chi connectivity index (χ1n) is 12.0. The molecule has 1 aliphatic heterocycles. The molecule has 0 saturated carbocycles. The van der Waals surface area contributed by atoms with E-state index >= 15 is 4.39 Å². The number of anilines is 1. The molecular weight excluding hydrogens is 535 g/mol. The zero-order valence-electron chi connectivity index (χ0n) is 20.9. The molecule has 4 rings (SSSR count). The van der Waals surface area contributed by atoms with Gasteiger partial charge in [-0.15, -0.1) is 0 Å². The van der Waals surface area contributed by atoms with E-state index in [2.05, 4.69) is 16.0 Å². The summed E-state index contributed by atoms with van der Waals surface area (Å²) < 4.78 is 35.6. The molecule has 1 aliphatic rings. The van der Waals surface area contributed by atoms with Crippen molar-refractivity contribution < 1.29 is 23.1 Å². The van der Waals surface area contributed by atoms with Crippen molar-refractivity contribution in [3.63, 3.8) is 0 Å². The van der Waals surface area contributed by atoms with Crippen molar-refractivity contribution in [2.24, 2.45) is 0 Å². The minimum absolute atomic E-state index is 0.0523. The second-order valence-electron chi connectivity index (χ2n) is 9.36. The monoisotopic (exact) mass is 561 g/mol. The van der Waals surface area contributed by atoms with Gasteiger partial charge >= 0.3 is 0 Å². The number of rotatable bonds is 7. The van der Waals surface area contributed by atoms with Gasteiger partial charge < -0.3 is 20.7 Å². The number of halogens is 4. The molecule has 3 N–H and O–H groups in total. The quantitative estimate of drug-likeness (QED) is 0.335. The van der Waals surface area contributed by atoms with E-state index in [1.54, 1.807) is 36.4 Å². The number of carbonyl (C=O) groups is 2. The Kier molecular flexibility index (Phi) is 8.55. The Bertz CT molecular complexity index is 1370. The molecule has 2 unspecified atom stereocenters. The van der Waals surface area contributed by atoms with Crippen LogP contribution in [0.5, 0.6) is 5.75 Å². The van der Waals surface area contributed by atoms with E-state index < -0.39 is 35.4 Å². The van der Waals surface area contributed by atoms with Crippen molar-refractivity contribution in [2.75, 3.05) is 19.0 Å². The smallest absolute Gasteiger partial charge is 0.251 e. The van der Waals surface area contributed by atoms with E-state index in [4.69, 9.17) is 27.9 Å². The van der Waals surface area contributed by atoms with Crippen molar-refractivity contribution in [3.8, 4) is 5.75 Å². The number of methoxy groups -OCH3 is 1. The molecule has 10 heteroatoms. The Hall–Kier alpha value is -3.20. The van der Waals surface area contributed by atoms with Crippen LogP contribution in [0, 0.1) is 11.6 Å². The predicted octanol–water partition coefficient (Wildman–Crippen LogP) is 5.90. The van der Waals surface area contributed by atoms with Gasteiger partial charge in [0, 0.05) is 35.0 Å². The lowest BCUT2D eigenvalue weighted by molar-refractivity contribution is -0.118. The summed E-state index contributed by atoms with van der Waals surface area (Å²) in [5.74, 6) is -3.07. The van der Waals surface area contributed by atoms with Crippen molar-refractivity contribution in [1.29, 1.82) is 0 Å². The second-order valence-corrected chi connectivity index (χ2v) is 10.2. The number of nitrogens with one attached hydrogen (secondary N) is 3.